The molecule has 418 valence electrons. The number of carbonyl (C=O) groups is 3. The van der Waals surface area contributed by atoms with Gasteiger partial charge in [-0.3, -0.25) is 14.4 Å². The molecule has 0 spiro atoms. The number of unbranched alkanes of at least 4 members (excludes halogenated alkanes) is 28. The third kappa shape index (κ3) is 59.1. The molecule has 0 saturated carbocycles. The van der Waals surface area contributed by atoms with Gasteiger partial charge in [0.2, 0.25) is 0 Å². The van der Waals surface area contributed by atoms with E-state index in [4.69, 9.17) is 14.2 Å². The predicted molar refractivity (Wildman–Crippen MR) is 316 cm³/mol. The highest BCUT2D eigenvalue weighted by atomic mass is 16.6. The lowest BCUT2D eigenvalue weighted by atomic mass is 10.0. The van der Waals surface area contributed by atoms with E-state index in [1.165, 1.54) is 135 Å². The molecule has 0 fully saturated rings. The highest BCUT2D eigenvalue weighted by molar-refractivity contribution is 5.71. The van der Waals surface area contributed by atoms with Gasteiger partial charge in [0.25, 0.3) is 0 Å². The maximum absolute atomic E-state index is 12.8. The van der Waals surface area contributed by atoms with E-state index in [1.54, 1.807) is 0 Å². The number of rotatable bonds is 55. The molecule has 0 bridgehead atoms. The number of carbonyl (C=O) groups excluding carboxylic acids is 3. The summed E-state index contributed by atoms with van der Waals surface area (Å²) in [5.74, 6) is -0.889. The molecule has 6 heteroatoms. The van der Waals surface area contributed by atoms with E-state index < -0.39 is 6.10 Å². The Morgan fingerprint density at radius 2 is 0.534 bits per heavy atom. The van der Waals surface area contributed by atoms with Crippen molar-refractivity contribution in [1.82, 2.24) is 0 Å². The van der Waals surface area contributed by atoms with Gasteiger partial charge >= 0.3 is 17.9 Å². The van der Waals surface area contributed by atoms with Crippen LogP contribution in [0.3, 0.4) is 0 Å². The van der Waals surface area contributed by atoms with Crippen molar-refractivity contribution in [3.05, 3.63) is 97.2 Å². The molecule has 0 aromatic carbocycles. The smallest absolute Gasteiger partial charge is 0.306 e. The average molecular weight is 1020 g/mol. The van der Waals surface area contributed by atoms with Crippen molar-refractivity contribution in [3.8, 4) is 0 Å². The van der Waals surface area contributed by atoms with E-state index in [0.29, 0.717) is 19.3 Å². The second kappa shape index (κ2) is 60.9. The molecule has 0 aliphatic heterocycles. The van der Waals surface area contributed by atoms with Gasteiger partial charge < -0.3 is 14.2 Å². The quantitative estimate of drug-likeness (QED) is 0.0261. The molecule has 6 nitrogen and oxygen atoms in total. The van der Waals surface area contributed by atoms with Crippen molar-refractivity contribution < 1.29 is 28.6 Å². The fraction of sp³-hybridized carbons (Fsp3) is 0.716. The van der Waals surface area contributed by atoms with E-state index in [2.05, 4.69) is 118 Å². The minimum Gasteiger partial charge on any atom is -0.462 e. The molecule has 1 atom stereocenters. The summed E-state index contributed by atoms with van der Waals surface area (Å²) < 4.78 is 16.8. The molecule has 1 unspecified atom stereocenters. The molecule has 0 amide bonds. The van der Waals surface area contributed by atoms with Crippen LogP contribution in [0.5, 0.6) is 0 Å². The first-order valence-corrected chi connectivity index (χ1v) is 30.7. The fourth-order valence-corrected chi connectivity index (χ4v) is 8.48. The summed E-state index contributed by atoms with van der Waals surface area (Å²) in [5.41, 5.74) is 0. The van der Waals surface area contributed by atoms with E-state index in [0.717, 1.165) is 116 Å². The van der Waals surface area contributed by atoms with Crippen molar-refractivity contribution >= 4 is 17.9 Å². The third-order valence-electron chi connectivity index (χ3n) is 13.1. The first-order chi connectivity index (χ1) is 36.0. The zero-order valence-corrected chi connectivity index (χ0v) is 47.9. The zero-order chi connectivity index (χ0) is 52.9. The molecular formula is C67H114O6. The fourth-order valence-electron chi connectivity index (χ4n) is 8.48. The van der Waals surface area contributed by atoms with Crippen molar-refractivity contribution in [2.45, 2.75) is 297 Å². The Balaban J connectivity index is 4.11. The van der Waals surface area contributed by atoms with Crippen molar-refractivity contribution in [2.24, 2.45) is 0 Å². The highest BCUT2D eigenvalue weighted by Gasteiger charge is 2.19. The van der Waals surface area contributed by atoms with Crippen LogP contribution in [0.2, 0.25) is 0 Å². The second-order valence-corrected chi connectivity index (χ2v) is 20.2. The van der Waals surface area contributed by atoms with Gasteiger partial charge in [0.05, 0.1) is 0 Å². The van der Waals surface area contributed by atoms with Gasteiger partial charge in [-0.1, -0.05) is 266 Å². The summed E-state index contributed by atoms with van der Waals surface area (Å²) in [7, 11) is 0. The molecule has 0 aromatic rings. The Hall–Kier alpha value is -3.67. The predicted octanol–water partition coefficient (Wildman–Crippen LogP) is 20.9. The summed E-state index contributed by atoms with van der Waals surface area (Å²) in [6.45, 7) is 6.49. The Kier molecular flexibility index (Phi) is 57.8. The lowest BCUT2D eigenvalue weighted by Crippen LogP contribution is -2.30. The topological polar surface area (TPSA) is 78.9 Å². The van der Waals surface area contributed by atoms with Crippen LogP contribution >= 0.6 is 0 Å². The molecule has 0 aromatic heterocycles. The minimum atomic E-state index is -0.779. The van der Waals surface area contributed by atoms with Gasteiger partial charge in [0, 0.05) is 19.3 Å². The van der Waals surface area contributed by atoms with Gasteiger partial charge in [-0.2, -0.15) is 0 Å². The van der Waals surface area contributed by atoms with Crippen LogP contribution in [0.15, 0.2) is 97.2 Å². The van der Waals surface area contributed by atoms with Gasteiger partial charge in [0.15, 0.2) is 6.10 Å². The Morgan fingerprint density at radius 3 is 0.849 bits per heavy atom. The van der Waals surface area contributed by atoms with Crippen LogP contribution in [0.25, 0.3) is 0 Å². The largest absolute Gasteiger partial charge is 0.462 e. The Labute approximate surface area is 451 Å². The van der Waals surface area contributed by atoms with Crippen molar-refractivity contribution in [1.29, 1.82) is 0 Å². The van der Waals surface area contributed by atoms with Crippen LogP contribution in [0.1, 0.15) is 290 Å². The van der Waals surface area contributed by atoms with Crippen molar-refractivity contribution in [3.63, 3.8) is 0 Å². The van der Waals surface area contributed by atoms with E-state index in [1.807, 2.05) is 0 Å². The molecule has 0 rings (SSSR count). The SMILES string of the molecule is CC/C=C\C/C=C\C/C=C\C/C=C\C/C=C\C/C=C\C/C=C\CCCCCCCCCCCCCC(=O)OCC(COC(=O)CCCCCCCCCC)OC(=O)CCCCCCC/C=C\CCCCCCC. The molecule has 73 heavy (non-hydrogen) atoms. The van der Waals surface area contributed by atoms with Gasteiger partial charge in [0.1, 0.15) is 13.2 Å². The van der Waals surface area contributed by atoms with Gasteiger partial charge in [-0.25, -0.2) is 0 Å². The molecule has 0 aliphatic rings. The number of hydrogen-bond acceptors (Lipinski definition) is 6. The maximum Gasteiger partial charge on any atom is 0.306 e. The normalized spacial score (nSPS) is 12.8. The molecule has 0 heterocycles. The van der Waals surface area contributed by atoms with E-state index in [9.17, 15) is 14.4 Å². The van der Waals surface area contributed by atoms with Gasteiger partial charge in [-0.15, -0.1) is 0 Å². The lowest BCUT2D eigenvalue weighted by Gasteiger charge is -2.18. The zero-order valence-electron chi connectivity index (χ0n) is 47.9. The van der Waals surface area contributed by atoms with Crippen molar-refractivity contribution in [2.75, 3.05) is 13.2 Å². The highest BCUT2D eigenvalue weighted by Crippen LogP contribution is 2.15. The van der Waals surface area contributed by atoms with Crippen LogP contribution in [-0.4, -0.2) is 37.2 Å². The number of hydrogen-bond donors (Lipinski definition) is 0. The maximum atomic E-state index is 12.8. The lowest BCUT2D eigenvalue weighted by molar-refractivity contribution is -0.167. The molecule has 0 N–H and O–H groups in total. The monoisotopic (exact) mass is 1010 g/mol. The molecular weight excluding hydrogens is 901 g/mol. The first-order valence-electron chi connectivity index (χ1n) is 30.7. The summed E-state index contributed by atoms with van der Waals surface area (Å²) in [4.78, 5) is 38.0. The van der Waals surface area contributed by atoms with E-state index in [-0.39, 0.29) is 31.1 Å². The summed E-state index contributed by atoms with van der Waals surface area (Å²) in [6.07, 6.45) is 81.4. The Morgan fingerprint density at radius 1 is 0.288 bits per heavy atom. The summed E-state index contributed by atoms with van der Waals surface area (Å²) >= 11 is 0. The Bertz CT molecular complexity index is 1440. The second-order valence-electron chi connectivity index (χ2n) is 20.2. The molecule has 0 saturated heterocycles. The number of ether oxygens (including phenoxy) is 3. The minimum absolute atomic E-state index is 0.0786. The number of esters is 3. The van der Waals surface area contributed by atoms with E-state index >= 15 is 0 Å². The first kappa shape index (κ1) is 69.3. The summed E-state index contributed by atoms with van der Waals surface area (Å²) in [6, 6.07) is 0. The van der Waals surface area contributed by atoms with Crippen LogP contribution in [0, 0.1) is 0 Å². The third-order valence-corrected chi connectivity index (χ3v) is 13.1. The van der Waals surface area contributed by atoms with Gasteiger partial charge in [-0.05, 0) is 103 Å². The average Bonchev–Trinajstić information content (AvgIpc) is 3.39. The van der Waals surface area contributed by atoms with Crippen LogP contribution in [0.4, 0.5) is 0 Å². The summed E-state index contributed by atoms with van der Waals surface area (Å²) in [5, 5.41) is 0. The van der Waals surface area contributed by atoms with Crippen LogP contribution in [-0.2, 0) is 28.6 Å². The van der Waals surface area contributed by atoms with Crippen LogP contribution < -0.4 is 0 Å². The molecule has 0 radical (unpaired) electrons. The standard InChI is InChI=1S/C67H114O6/c1-4-7-10-13-16-19-21-23-25-26-27-28-29-30-31-32-33-34-35-36-37-38-39-40-41-42-43-45-46-48-51-54-57-60-66(69)72-63-64(62-71-65(68)59-56-53-50-18-15-12-9-6-3)73-67(70)61-58-55-52-49-47-44-24-22-20-17-14-11-8-5-2/h7,10,16,19,22-25,27-28,30-31,33-34,36-37,64H,4-6,8-9,11-15,17-18,20-21,26,29,32,35,38-63H2,1-3H3/b10-7-,19-16-,24-22-,25-23-,28-27-,31-30-,34-33-,37-36-. The molecule has 0 aliphatic carbocycles. The number of allylic oxidation sites excluding steroid dienone is 16.